The first-order chi connectivity index (χ1) is 18.5. The summed E-state index contributed by atoms with van der Waals surface area (Å²) < 4.78 is 12.5. The van der Waals surface area contributed by atoms with Crippen molar-refractivity contribution in [3.05, 3.63) is 109 Å². The van der Waals surface area contributed by atoms with Crippen LogP contribution in [0.1, 0.15) is 67.8 Å². The average Bonchev–Trinajstić information content (AvgIpc) is 2.83. The van der Waals surface area contributed by atoms with Gasteiger partial charge in [-0.05, 0) is 96.8 Å². The highest BCUT2D eigenvalue weighted by Crippen LogP contribution is 2.36. The van der Waals surface area contributed by atoms with E-state index in [9.17, 15) is 14.7 Å². The van der Waals surface area contributed by atoms with Crippen LogP contribution in [0.4, 0.5) is 5.69 Å². The van der Waals surface area contributed by atoms with Gasteiger partial charge in [-0.15, -0.1) is 0 Å². The van der Waals surface area contributed by atoms with E-state index >= 15 is 0 Å². The Kier molecular flexibility index (Phi) is 10.1. The summed E-state index contributed by atoms with van der Waals surface area (Å²) >= 11 is 15.2. The van der Waals surface area contributed by atoms with Crippen LogP contribution in [0.15, 0.2) is 78.5 Å². The lowest BCUT2D eigenvalue weighted by Crippen LogP contribution is -2.48. The predicted octanol–water partition coefficient (Wildman–Crippen LogP) is 8.39. The minimum atomic E-state index is -2.83. The van der Waals surface area contributed by atoms with Gasteiger partial charge in [-0.25, -0.2) is 4.79 Å². The van der Waals surface area contributed by atoms with E-state index in [1.165, 1.54) is 18.3 Å². The number of ether oxygens (including phenoxy) is 2. The van der Waals surface area contributed by atoms with Crippen LogP contribution in [0.5, 0.6) is 0 Å². The molecule has 1 unspecified atom stereocenters. The molecule has 0 aliphatic carbocycles. The SMILES string of the molecule is CC(C)(C)OC(O)(OC(=O)c1ccccc1Cl)C(=CNc1ccc(I)cc1)C(=O)c1cccc(C(C)(C)C)c1Cl. The van der Waals surface area contributed by atoms with Gasteiger partial charge in [-0.1, -0.05) is 68.2 Å². The van der Waals surface area contributed by atoms with E-state index in [1.54, 1.807) is 57.2 Å². The molecule has 40 heavy (non-hydrogen) atoms. The first-order valence-electron chi connectivity index (χ1n) is 12.5. The topological polar surface area (TPSA) is 84.9 Å². The zero-order valence-corrected chi connectivity index (χ0v) is 26.8. The Labute approximate surface area is 258 Å². The van der Waals surface area contributed by atoms with Crippen molar-refractivity contribution in [2.24, 2.45) is 0 Å². The molecule has 3 aromatic rings. The van der Waals surface area contributed by atoms with Gasteiger partial charge in [0, 0.05) is 21.0 Å². The second-order valence-corrected chi connectivity index (χ2v) is 13.2. The summed E-state index contributed by atoms with van der Waals surface area (Å²) in [5.41, 5.74) is -0.372. The van der Waals surface area contributed by atoms with Crippen LogP contribution >= 0.6 is 45.8 Å². The summed E-state index contributed by atoms with van der Waals surface area (Å²) in [5.74, 6) is -4.52. The first-order valence-corrected chi connectivity index (χ1v) is 14.3. The molecule has 9 heteroatoms. The smallest absolute Gasteiger partial charge is 0.362 e. The number of benzene rings is 3. The van der Waals surface area contributed by atoms with E-state index in [-0.39, 0.29) is 26.6 Å². The van der Waals surface area contributed by atoms with Crippen molar-refractivity contribution in [1.82, 2.24) is 0 Å². The number of carbonyl (C=O) groups excluding carboxylic acids is 2. The van der Waals surface area contributed by atoms with Gasteiger partial charge in [0.05, 0.1) is 21.2 Å². The van der Waals surface area contributed by atoms with Crippen molar-refractivity contribution in [2.75, 3.05) is 5.32 Å². The van der Waals surface area contributed by atoms with Crippen LogP contribution in [0.25, 0.3) is 0 Å². The molecular formula is C31H32Cl2INO5. The van der Waals surface area contributed by atoms with Crippen LogP contribution in [-0.4, -0.2) is 28.4 Å². The number of aliphatic hydroxyl groups is 1. The molecule has 3 rings (SSSR count). The Bertz CT molecular complexity index is 1420. The quantitative estimate of drug-likeness (QED) is 0.0810. The number of rotatable bonds is 8. The summed E-state index contributed by atoms with van der Waals surface area (Å²) in [6.45, 7) is 10.9. The summed E-state index contributed by atoms with van der Waals surface area (Å²) in [6.07, 6.45) is 1.26. The third-order valence-electron chi connectivity index (χ3n) is 5.63. The van der Waals surface area contributed by atoms with Crippen molar-refractivity contribution in [1.29, 1.82) is 0 Å². The van der Waals surface area contributed by atoms with Crippen LogP contribution in [-0.2, 0) is 14.9 Å². The van der Waals surface area contributed by atoms with Gasteiger partial charge >= 0.3 is 11.9 Å². The van der Waals surface area contributed by atoms with E-state index in [0.29, 0.717) is 5.69 Å². The lowest BCUT2D eigenvalue weighted by atomic mass is 9.85. The van der Waals surface area contributed by atoms with Crippen molar-refractivity contribution in [3.63, 3.8) is 0 Å². The number of ketones is 1. The zero-order valence-electron chi connectivity index (χ0n) is 23.1. The molecule has 0 bridgehead atoms. The minimum Gasteiger partial charge on any atom is -0.400 e. The Hall–Kier alpha value is -2.43. The van der Waals surface area contributed by atoms with Crippen LogP contribution in [0.2, 0.25) is 10.0 Å². The second kappa shape index (κ2) is 12.6. The lowest BCUT2D eigenvalue weighted by molar-refractivity contribution is -0.337. The molecule has 212 valence electrons. The van der Waals surface area contributed by atoms with Gasteiger partial charge < -0.3 is 19.9 Å². The van der Waals surface area contributed by atoms with Crippen LogP contribution in [0, 0.1) is 3.57 Å². The molecule has 1 atom stereocenters. The first kappa shape index (κ1) is 32.1. The van der Waals surface area contributed by atoms with Crippen molar-refractivity contribution in [2.45, 2.75) is 58.5 Å². The summed E-state index contributed by atoms with van der Waals surface area (Å²) in [6, 6.07) is 18.6. The minimum absolute atomic E-state index is 0.00902. The molecule has 0 radical (unpaired) electrons. The van der Waals surface area contributed by atoms with Gasteiger partial charge in [0.25, 0.3) is 0 Å². The normalized spacial score (nSPS) is 13.9. The molecule has 0 aliphatic heterocycles. The molecule has 0 heterocycles. The Morgan fingerprint density at radius 2 is 1.48 bits per heavy atom. The van der Waals surface area contributed by atoms with Crippen LogP contribution < -0.4 is 5.32 Å². The molecule has 6 nitrogen and oxygen atoms in total. The maximum absolute atomic E-state index is 14.2. The van der Waals surface area contributed by atoms with Gasteiger partial charge in [-0.3, -0.25) is 4.79 Å². The highest BCUT2D eigenvalue weighted by atomic mass is 127. The van der Waals surface area contributed by atoms with Gasteiger partial charge in [0.2, 0.25) is 5.78 Å². The zero-order chi connectivity index (χ0) is 29.9. The predicted molar refractivity (Wildman–Crippen MR) is 168 cm³/mol. The molecule has 0 saturated carbocycles. The molecule has 3 aromatic carbocycles. The molecule has 0 spiro atoms. The number of hydrogen-bond acceptors (Lipinski definition) is 6. The largest absolute Gasteiger partial charge is 0.400 e. The number of carbonyl (C=O) groups is 2. The molecule has 2 N–H and O–H groups in total. The third kappa shape index (κ3) is 8.07. The fourth-order valence-electron chi connectivity index (χ4n) is 3.79. The fraction of sp³-hybridized carbons (Fsp3) is 0.290. The van der Waals surface area contributed by atoms with Crippen LogP contribution in [0.3, 0.4) is 0 Å². The van der Waals surface area contributed by atoms with Gasteiger partial charge in [0.1, 0.15) is 5.57 Å². The van der Waals surface area contributed by atoms with E-state index < -0.39 is 28.9 Å². The maximum Gasteiger partial charge on any atom is 0.362 e. The number of Topliss-reactive ketones (excluding diaryl/α,β-unsaturated/α-hetero) is 1. The summed E-state index contributed by atoms with van der Waals surface area (Å²) in [4.78, 5) is 27.4. The third-order valence-corrected chi connectivity index (χ3v) is 7.09. The van der Waals surface area contributed by atoms with Gasteiger partial charge in [-0.2, -0.15) is 0 Å². The highest BCUT2D eigenvalue weighted by Gasteiger charge is 2.46. The Morgan fingerprint density at radius 1 is 0.875 bits per heavy atom. The number of nitrogens with one attached hydrogen (secondary N) is 1. The summed E-state index contributed by atoms with van der Waals surface area (Å²) in [5, 5.41) is 15.3. The molecule has 0 aliphatic rings. The van der Waals surface area contributed by atoms with E-state index in [0.717, 1.165) is 9.13 Å². The number of esters is 1. The second-order valence-electron chi connectivity index (χ2n) is 11.1. The van der Waals surface area contributed by atoms with Gasteiger partial charge in [0.15, 0.2) is 0 Å². The number of halogens is 3. The maximum atomic E-state index is 14.2. The van der Waals surface area contributed by atoms with E-state index in [4.69, 9.17) is 32.7 Å². The van der Waals surface area contributed by atoms with Crippen molar-refractivity contribution < 1.29 is 24.2 Å². The standard InChI is InChI=1S/C31H32Cl2INO5/c1-29(2,3)23-12-9-11-22(26(23)33)27(36)24(18-35-20-16-14-19(34)15-17-20)31(38,40-30(4,5)6)39-28(37)21-10-7-8-13-25(21)32/h7-18,35,38H,1-6H3. The molecular weight excluding hydrogens is 664 g/mol. The summed E-state index contributed by atoms with van der Waals surface area (Å²) in [7, 11) is 0. The lowest BCUT2D eigenvalue weighted by Gasteiger charge is -2.35. The Morgan fingerprint density at radius 3 is 2.05 bits per heavy atom. The fourth-order valence-corrected chi connectivity index (χ4v) is 4.85. The molecule has 0 aromatic heterocycles. The Balaban J connectivity index is 2.20. The average molecular weight is 696 g/mol. The number of hydrogen-bond donors (Lipinski definition) is 2. The van der Waals surface area contributed by atoms with Crippen molar-refractivity contribution in [3.8, 4) is 0 Å². The van der Waals surface area contributed by atoms with E-state index in [2.05, 4.69) is 27.9 Å². The van der Waals surface area contributed by atoms with E-state index in [1.807, 2.05) is 39.0 Å². The van der Waals surface area contributed by atoms with Crippen molar-refractivity contribution >= 4 is 63.2 Å². The highest BCUT2D eigenvalue weighted by molar-refractivity contribution is 14.1. The monoisotopic (exact) mass is 695 g/mol. The number of anilines is 1. The molecule has 0 saturated heterocycles. The molecule has 0 fully saturated rings. The molecule has 0 amide bonds.